The summed E-state index contributed by atoms with van der Waals surface area (Å²) in [7, 11) is -1.98. The Labute approximate surface area is 153 Å². The summed E-state index contributed by atoms with van der Waals surface area (Å²) >= 11 is 0. The Morgan fingerprint density at radius 3 is 2.72 bits per heavy atom. The molecule has 1 saturated heterocycles. The van der Waals surface area contributed by atoms with Crippen LogP contribution in [0.4, 0.5) is 0 Å². The van der Waals surface area contributed by atoms with Crippen molar-refractivity contribution >= 4 is 34.2 Å². The minimum atomic E-state index is -3.85. The van der Waals surface area contributed by atoms with Crippen LogP contribution in [0.2, 0.25) is 0 Å². The molecule has 3 rings (SSSR count). The van der Waals surface area contributed by atoms with Gasteiger partial charge in [0.15, 0.2) is 0 Å². The molecule has 1 aromatic rings. The zero-order valence-electron chi connectivity index (χ0n) is 14.2. The molecule has 9 heteroatoms. The van der Waals surface area contributed by atoms with Crippen molar-refractivity contribution in [1.82, 2.24) is 14.5 Å². The highest BCUT2D eigenvalue weighted by Gasteiger charge is 2.40. The van der Waals surface area contributed by atoms with E-state index in [0.717, 1.165) is 17.1 Å². The van der Waals surface area contributed by atoms with Gasteiger partial charge in [0.1, 0.15) is 4.90 Å². The Morgan fingerprint density at radius 1 is 1.36 bits per heavy atom. The summed E-state index contributed by atoms with van der Waals surface area (Å²) in [5, 5.41) is 3.17. The van der Waals surface area contributed by atoms with Crippen LogP contribution in [0.1, 0.15) is 40.5 Å². The number of carbonyl (C=O) groups is 2. The van der Waals surface area contributed by atoms with Gasteiger partial charge in [-0.2, -0.15) is 0 Å². The molecule has 0 spiro atoms. The summed E-state index contributed by atoms with van der Waals surface area (Å²) in [6.45, 7) is 2.94. The number of rotatable bonds is 3. The van der Waals surface area contributed by atoms with Crippen molar-refractivity contribution in [1.29, 1.82) is 0 Å². The average Bonchev–Trinajstić information content (AvgIpc) is 2.79. The van der Waals surface area contributed by atoms with Gasteiger partial charge in [-0.05, 0) is 45.0 Å². The number of sulfonamides is 1. The van der Waals surface area contributed by atoms with E-state index in [1.165, 1.54) is 18.2 Å². The lowest BCUT2D eigenvalue weighted by molar-refractivity contribution is 0.0697. The van der Waals surface area contributed by atoms with E-state index in [-0.39, 0.29) is 41.4 Å². The SMILES string of the molecule is CCN1C(=O)c2ccc(C(=O)N3CCCC(NC)C3)cc2S1(=O)=O.Cl. The second-order valence-electron chi connectivity index (χ2n) is 6.06. The highest BCUT2D eigenvalue weighted by atomic mass is 35.5. The number of likely N-dealkylation sites (N-methyl/N-ethyl adjacent to an activating group) is 1. The molecular formula is C16H22ClN3O4S. The van der Waals surface area contributed by atoms with E-state index in [1.54, 1.807) is 11.8 Å². The van der Waals surface area contributed by atoms with Crippen LogP contribution in [0.25, 0.3) is 0 Å². The molecule has 138 valence electrons. The predicted molar refractivity (Wildman–Crippen MR) is 95.6 cm³/mol. The maximum Gasteiger partial charge on any atom is 0.268 e. The van der Waals surface area contributed by atoms with E-state index in [9.17, 15) is 18.0 Å². The Kier molecular flexibility index (Phi) is 5.75. The molecule has 0 aliphatic carbocycles. The van der Waals surface area contributed by atoms with E-state index in [0.29, 0.717) is 18.7 Å². The standard InChI is InChI=1S/C16H21N3O4S.ClH/c1-3-19-16(21)13-7-6-11(9-14(13)24(19,22)23)15(20)18-8-4-5-12(10-18)17-2;/h6-7,9,12,17H,3-5,8,10H2,1-2H3;1H. The molecule has 0 saturated carbocycles. The summed E-state index contributed by atoms with van der Waals surface area (Å²) in [4.78, 5) is 26.5. The summed E-state index contributed by atoms with van der Waals surface area (Å²) in [6.07, 6.45) is 1.92. The molecule has 1 atom stereocenters. The summed E-state index contributed by atoms with van der Waals surface area (Å²) in [5.41, 5.74) is 0.444. The van der Waals surface area contributed by atoms with Gasteiger partial charge in [-0.25, -0.2) is 12.7 Å². The van der Waals surface area contributed by atoms with Crippen molar-refractivity contribution in [2.45, 2.75) is 30.7 Å². The Morgan fingerprint density at radius 2 is 2.08 bits per heavy atom. The first-order valence-electron chi connectivity index (χ1n) is 8.07. The zero-order valence-corrected chi connectivity index (χ0v) is 15.8. The van der Waals surface area contributed by atoms with Crippen LogP contribution >= 0.6 is 12.4 Å². The summed E-state index contributed by atoms with van der Waals surface area (Å²) in [5.74, 6) is -0.727. The Balaban J connectivity index is 0.00000225. The molecular weight excluding hydrogens is 366 g/mol. The average molecular weight is 388 g/mol. The molecule has 2 amide bonds. The molecule has 2 heterocycles. The normalized spacial score (nSPS) is 21.7. The molecule has 0 radical (unpaired) electrons. The first-order valence-corrected chi connectivity index (χ1v) is 9.51. The molecule has 0 aromatic heterocycles. The molecule has 7 nitrogen and oxygen atoms in total. The van der Waals surface area contributed by atoms with E-state index in [2.05, 4.69) is 5.32 Å². The van der Waals surface area contributed by atoms with Crippen LogP contribution in [0.5, 0.6) is 0 Å². The fraction of sp³-hybridized carbons (Fsp3) is 0.500. The molecule has 1 aromatic carbocycles. The zero-order chi connectivity index (χ0) is 17.5. The van der Waals surface area contributed by atoms with Crippen molar-refractivity contribution < 1.29 is 18.0 Å². The van der Waals surface area contributed by atoms with Gasteiger partial charge in [0.2, 0.25) is 0 Å². The van der Waals surface area contributed by atoms with Gasteiger partial charge in [0.25, 0.3) is 21.8 Å². The third-order valence-corrected chi connectivity index (χ3v) is 6.56. The maximum atomic E-state index is 12.7. The number of piperidine rings is 1. The van der Waals surface area contributed by atoms with Gasteiger partial charge < -0.3 is 10.2 Å². The van der Waals surface area contributed by atoms with Crippen molar-refractivity contribution in [2.24, 2.45) is 0 Å². The van der Waals surface area contributed by atoms with Crippen LogP contribution in [-0.4, -0.2) is 62.2 Å². The van der Waals surface area contributed by atoms with Crippen LogP contribution < -0.4 is 5.32 Å². The Hall–Kier alpha value is -1.64. The van der Waals surface area contributed by atoms with E-state index in [4.69, 9.17) is 0 Å². The Bertz CT molecular complexity index is 797. The summed E-state index contributed by atoms with van der Waals surface area (Å²) < 4.78 is 25.7. The van der Waals surface area contributed by atoms with Gasteiger partial charge in [-0.15, -0.1) is 12.4 Å². The number of hydrogen-bond acceptors (Lipinski definition) is 5. The fourth-order valence-corrected chi connectivity index (χ4v) is 4.90. The smallest absolute Gasteiger partial charge is 0.268 e. The quantitative estimate of drug-likeness (QED) is 0.839. The van der Waals surface area contributed by atoms with E-state index in [1.807, 2.05) is 7.05 Å². The van der Waals surface area contributed by atoms with Crippen molar-refractivity contribution in [3.05, 3.63) is 29.3 Å². The van der Waals surface area contributed by atoms with Gasteiger partial charge in [0.05, 0.1) is 5.56 Å². The second-order valence-corrected chi connectivity index (χ2v) is 7.90. The minimum absolute atomic E-state index is 0. The molecule has 0 bridgehead atoms. The largest absolute Gasteiger partial charge is 0.337 e. The number of benzene rings is 1. The molecule has 1 unspecified atom stereocenters. The third-order valence-electron chi connectivity index (χ3n) is 4.66. The number of carbonyl (C=O) groups excluding carboxylic acids is 2. The van der Waals surface area contributed by atoms with Crippen LogP contribution in [0, 0.1) is 0 Å². The van der Waals surface area contributed by atoms with Crippen molar-refractivity contribution in [3.8, 4) is 0 Å². The fourth-order valence-electron chi connectivity index (χ4n) is 3.30. The van der Waals surface area contributed by atoms with Crippen LogP contribution in [0.3, 0.4) is 0 Å². The summed E-state index contributed by atoms with van der Waals surface area (Å²) in [6, 6.07) is 4.57. The first-order chi connectivity index (χ1) is 11.4. The molecule has 1 fully saturated rings. The van der Waals surface area contributed by atoms with Crippen molar-refractivity contribution in [3.63, 3.8) is 0 Å². The number of likely N-dealkylation sites (tertiary alicyclic amines) is 1. The lowest BCUT2D eigenvalue weighted by Gasteiger charge is -2.32. The highest BCUT2D eigenvalue weighted by Crippen LogP contribution is 2.31. The predicted octanol–water partition coefficient (Wildman–Crippen LogP) is 1.10. The molecule has 25 heavy (non-hydrogen) atoms. The number of nitrogens with one attached hydrogen (secondary N) is 1. The van der Waals surface area contributed by atoms with Gasteiger partial charge in [0, 0.05) is 31.2 Å². The van der Waals surface area contributed by atoms with Gasteiger partial charge in [-0.1, -0.05) is 0 Å². The lowest BCUT2D eigenvalue weighted by atomic mass is 10.0. The maximum absolute atomic E-state index is 12.7. The van der Waals surface area contributed by atoms with E-state index >= 15 is 0 Å². The highest BCUT2D eigenvalue weighted by molar-refractivity contribution is 7.90. The number of hydrogen-bond donors (Lipinski definition) is 1. The second kappa shape index (κ2) is 7.31. The lowest BCUT2D eigenvalue weighted by Crippen LogP contribution is -2.47. The first kappa shape index (κ1) is 19.7. The molecule has 2 aliphatic rings. The minimum Gasteiger partial charge on any atom is -0.337 e. The third kappa shape index (κ3) is 3.26. The molecule has 2 aliphatic heterocycles. The topological polar surface area (TPSA) is 86.8 Å². The van der Waals surface area contributed by atoms with Gasteiger partial charge >= 0.3 is 0 Å². The van der Waals surface area contributed by atoms with Crippen LogP contribution in [0.15, 0.2) is 23.1 Å². The number of fused-ring (bicyclic) bond motifs is 1. The van der Waals surface area contributed by atoms with E-state index < -0.39 is 15.9 Å². The van der Waals surface area contributed by atoms with Crippen molar-refractivity contribution in [2.75, 3.05) is 26.7 Å². The number of nitrogens with zero attached hydrogens (tertiary/aromatic N) is 2. The number of halogens is 1. The van der Waals surface area contributed by atoms with Crippen LogP contribution in [-0.2, 0) is 10.0 Å². The number of amides is 2. The van der Waals surface area contributed by atoms with Gasteiger partial charge in [-0.3, -0.25) is 9.59 Å². The molecule has 1 N–H and O–H groups in total. The monoisotopic (exact) mass is 387 g/mol.